The molecule has 5 rings (SSSR count). The van der Waals surface area contributed by atoms with Crippen LogP contribution in [0.15, 0.2) is 42.5 Å². The van der Waals surface area contributed by atoms with Crippen molar-refractivity contribution < 1.29 is 19.1 Å². The average Bonchev–Trinajstić information content (AvgIpc) is 3.28. The quantitative estimate of drug-likeness (QED) is 0.709. The maximum atomic E-state index is 12.2. The number of carbonyl (C=O) groups excluding carboxylic acids is 2. The molecule has 2 fully saturated rings. The monoisotopic (exact) mass is 449 g/mol. The Morgan fingerprint density at radius 3 is 2.58 bits per heavy atom. The second-order valence-corrected chi connectivity index (χ2v) is 9.39. The molecule has 2 aromatic rings. The number of ether oxygens (including phenoxy) is 2. The highest BCUT2D eigenvalue weighted by molar-refractivity contribution is 5.96. The molecule has 174 valence electrons. The third-order valence-electron chi connectivity index (χ3n) is 7.05. The Bertz CT molecular complexity index is 1030. The van der Waals surface area contributed by atoms with Gasteiger partial charge in [0.15, 0.2) is 11.5 Å². The zero-order valence-electron chi connectivity index (χ0n) is 19.0. The highest BCUT2D eigenvalue weighted by Crippen LogP contribution is 2.40. The van der Waals surface area contributed by atoms with E-state index in [-0.39, 0.29) is 24.4 Å². The molecule has 1 saturated heterocycles. The van der Waals surface area contributed by atoms with Crippen LogP contribution in [0.4, 0.5) is 0 Å². The molecule has 3 aliphatic rings. The number of carbonyl (C=O) groups is 2. The van der Waals surface area contributed by atoms with Crippen molar-refractivity contribution in [3.8, 4) is 11.5 Å². The summed E-state index contributed by atoms with van der Waals surface area (Å²) in [7, 11) is 0. The molecule has 0 atom stereocenters. The maximum absolute atomic E-state index is 12.2. The Kier molecular flexibility index (Phi) is 6.22. The number of fused-ring (bicyclic) bond motifs is 1. The van der Waals surface area contributed by atoms with Gasteiger partial charge in [0.05, 0.1) is 12.6 Å². The van der Waals surface area contributed by atoms with Gasteiger partial charge in [0.25, 0.3) is 5.91 Å². The number of rotatable bonds is 6. The van der Waals surface area contributed by atoms with E-state index in [1.165, 1.54) is 31.2 Å². The standard InChI is InChI=1S/C26H31N3O4/c1-17-3-2-4-20(11-17)26(31)27-13-25(30)28-21-14-29(15-21)22-8-5-18(6-9-22)19-7-10-23-24(12-19)33-16-32-23/h2-4,7,10-12,18,21-22H,5-6,8-9,13-16H2,1H3,(H,27,31)(H,28,30). The second kappa shape index (κ2) is 9.43. The molecular formula is C26H31N3O4. The first-order valence-electron chi connectivity index (χ1n) is 11.8. The van der Waals surface area contributed by atoms with Crippen molar-refractivity contribution in [3.63, 3.8) is 0 Å². The number of hydrogen-bond donors (Lipinski definition) is 2. The summed E-state index contributed by atoms with van der Waals surface area (Å²) in [5.74, 6) is 1.93. The molecule has 7 nitrogen and oxygen atoms in total. The van der Waals surface area contributed by atoms with E-state index < -0.39 is 0 Å². The average molecular weight is 450 g/mol. The van der Waals surface area contributed by atoms with E-state index in [9.17, 15) is 9.59 Å². The van der Waals surface area contributed by atoms with Gasteiger partial charge in [0, 0.05) is 24.7 Å². The molecule has 2 aromatic carbocycles. The lowest BCUT2D eigenvalue weighted by Gasteiger charge is -2.46. The van der Waals surface area contributed by atoms with Gasteiger partial charge in [-0.25, -0.2) is 0 Å². The highest BCUT2D eigenvalue weighted by atomic mass is 16.7. The van der Waals surface area contributed by atoms with E-state index in [0.29, 0.717) is 24.3 Å². The fraction of sp³-hybridized carbons (Fsp3) is 0.462. The Morgan fingerprint density at radius 2 is 1.79 bits per heavy atom. The highest BCUT2D eigenvalue weighted by Gasteiger charge is 2.35. The van der Waals surface area contributed by atoms with Crippen LogP contribution in [0.5, 0.6) is 11.5 Å². The summed E-state index contributed by atoms with van der Waals surface area (Å²) < 4.78 is 10.9. The number of amides is 2. The van der Waals surface area contributed by atoms with Crippen molar-refractivity contribution >= 4 is 11.8 Å². The van der Waals surface area contributed by atoms with E-state index in [4.69, 9.17) is 9.47 Å². The predicted molar refractivity (Wildman–Crippen MR) is 125 cm³/mol. The van der Waals surface area contributed by atoms with Crippen LogP contribution in [0, 0.1) is 6.92 Å². The molecule has 2 aliphatic heterocycles. The van der Waals surface area contributed by atoms with Crippen molar-refractivity contribution in [2.75, 3.05) is 26.4 Å². The van der Waals surface area contributed by atoms with Crippen molar-refractivity contribution in [2.24, 2.45) is 0 Å². The molecular weight excluding hydrogens is 418 g/mol. The van der Waals surface area contributed by atoms with Gasteiger partial charge in [-0.05, 0) is 68.4 Å². The molecule has 2 amide bonds. The maximum Gasteiger partial charge on any atom is 0.251 e. The first-order chi connectivity index (χ1) is 16.0. The molecule has 1 aliphatic carbocycles. The van der Waals surface area contributed by atoms with Crippen LogP contribution < -0.4 is 20.1 Å². The summed E-state index contributed by atoms with van der Waals surface area (Å²) in [5.41, 5.74) is 2.94. The molecule has 2 N–H and O–H groups in total. The Balaban J connectivity index is 1.01. The van der Waals surface area contributed by atoms with E-state index in [1.54, 1.807) is 6.07 Å². The van der Waals surface area contributed by atoms with Crippen molar-refractivity contribution in [2.45, 2.75) is 50.6 Å². The van der Waals surface area contributed by atoms with Gasteiger partial charge in [-0.3, -0.25) is 14.5 Å². The van der Waals surface area contributed by atoms with Crippen LogP contribution in [0.25, 0.3) is 0 Å². The van der Waals surface area contributed by atoms with Crippen molar-refractivity contribution in [1.82, 2.24) is 15.5 Å². The van der Waals surface area contributed by atoms with Crippen LogP contribution in [0.3, 0.4) is 0 Å². The minimum absolute atomic E-state index is 0.00389. The molecule has 2 heterocycles. The Hall–Kier alpha value is -3.06. The lowest BCUT2D eigenvalue weighted by Crippen LogP contribution is -2.63. The van der Waals surface area contributed by atoms with Crippen LogP contribution in [0.2, 0.25) is 0 Å². The minimum atomic E-state index is -0.219. The van der Waals surface area contributed by atoms with Gasteiger partial charge in [-0.15, -0.1) is 0 Å². The number of aryl methyl sites for hydroxylation is 1. The van der Waals surface area contributed by atoms with Gasteiger partial charge in [0.2, 0.25) is 12.7 Å². The summed E-state index contributed by atoms with van der Waals surface area (Å²) in [6.07, 6.45) is 4.68. The van der Waals surface area contributed by atoms with Gasteiger partial charge in [-0.1, -0.05) is 23.8 Å². The fourth-order valence-corrected chi connectivity index (χ4v) is 5.17. The smallest absolute Gasteiger partial charge is 0.251 e. The van der Waals surface area contributed by atoms with Crippen molar-refractivity contribution in [3.05, 3.63) is 59.2 Å². The fourth-order valence-electron chi connectivity index (χ4n) is 5.17. The molecule has 0 radical (unpaired) electrons. The Morgan fingerprint density at radius 1 is 1.00 bits per heavy atom. The van der Waals surface area contributed by atoms with Gasteiger partial charge in [-0.2, -0.15) is 0 Å². The summed E-state index contributed by atoms with van der Waals surface area (Å²) in [6.45, 7) is 4.03. The predicted octanol–water partition coefficient (Wildman–Crippen LogP) is 2.98. The molecule has 0 bridgehead atoms. The largest absolute Gasteiger partial charge is 0.454 e. The number of likely N-dealkylation sites (tertiary alicyclic amines) is 1. The van der Waals surface area contributed by atoms with Crippen LogP contribution in [-0.4, -0.2) is 55.2 Å². The molecule has 7 heteroatoms. The Labute approximate surface area is 194 Å². The number of hydrogen-bond acceptors (Lipinski definition) is 5. The van der Waals surface area contributed by atoms with E-state index in [2.05, 4.69) is 27.7 Å². The van der Waals surface area contributed by atoms with Crippen LogP contribution in [0.1, 0.15) is 53.1 Å². The first kappa shape index (κ1) is 21.8. The van der Waals surface area contributed by atoms with E-state index in [1.807, 2.05) is 31.2 Å². The van der Waals surface area contributed by atoms with E-state index in [0.717, 1.165) is 30.2 Å². The van der Waals surface area contributed by atoms with Crippen molar-refractivity contribution in [1.29, 1.82) is 0 Å². The lowest BCUT2D eigenvalue weighted by atomic mass is 9.80. The zero-order chi connectivity index (χ0) is 22.8. The molecule has 0 aromatic heterocycles. The lowest BCUT2D eigenvalue weighted by molar-refractivity contribution is -0.122. The third-order valence-corrected chi connectivity index (χ3v) is 7.05. The normalized spacial score (nSPS) is 22.5. The number of nitrogens with zero attached hydrogens (tertiary/aromatic N) is 1. The summed E-state index contributed by atoms with van der Waals surface area (Å²) in [5, 5.41) is 5.75. The SMILES string of the molecule is Cc1cccc(C(=O)NCC(=O)NC2CN(C3CCC(c4ccc5c(c4)OCO5)CC3)C2)c1. The summed E-state index contributed by atoms with van der Waals surface area (Å²) >= 11 is 0. The minimum Gasteiger partial charge on any atom is -0.454 e. The summed E-state index contributed by atoms with van der Waals surface area (Å²) in [6, 6.07) is 14.4. The molecule has 0 spiro atoms. The molecule has 33 heavy (non-hydrogen) atoms. The van der Waals surface area contributed by atoms with Gasteiger partial charge < -0.3 is 20.1 Å². The topological polar surface area (TPSA) is 79.9 Å². The van der Waals surface area contributed by atoms with Crippen LogP contribution in [-0.2, 0) is 4.79 Å². The third kappa shape index (κ3) is 4.98. The van der Waals surface area contributed by atoms with Gasteiger partial charge >= 0.3 is 0 Å². The number of benzene rings is 2. The molecule has 1 saturated carbocycles. The zero-order valence-corrected chi connectivity index (χ0v) is 19.0. The molecule has 0 unspecified atom stereocenters. The summed E-state index contributed by atoms with van der Waals surface area (Å²) in [4.78, 5) is 26.9. The van der Waals surface area contributed by atoms with Crippen LogP contribution >= 0.6 is 0 Å². The second-order valence-electron chi connectivity index (χ2n) is 9.39. The number of nitrogens with one attached hydrogen (secondary N) is 2. The van der Waals surface area contributed by atoms with Gasteiger partial charge in [0.1, 0.15) is 0 Å². The first-order valence-corrected chi connectivity index (χ1v) is 11.8. The van der Waals surface area contributed by atoms with E-state index >= 15 is 0 Å².